The predicted octanol–water partition coefficient (Wildman–Crippen LogP) is -1.03. The molecule has 0 radical (unpaired) electrons. The van der Waals surface area contributed by atoms with Crippen molar-refractivity contribution in [2.75, 3.05) is 45.5 Å². The second kappa shape index (κ2) is 7.89. The Kier molecular flexibility index (Phi) is 5.59. The van der Waals surface area contributed by atoms with Gasteiger partial charge < -0.3 is 5.32 Å². The number of hydrogen-bond donors (Lipinski definition) is 1. The molecule has 11 heteroatoms. The van der Waals surface area contributed by atoms with Gasteiger partial charge in [0.2, 0.25) is 10.0 Å². The normalized spacial score (nSPS) is 16.5. The smallest absolute Gasteiger partial charge is 0.251 e. The van der Waals surface area contributed by atoms with E-state index in [2.05, 4.69) is 25.7 Å². The average molecular weight is 379 g/mol. The molecule has 1 aromatic heterocycles. The van der Waals surface area contributed by atoms with E-state index >= 15 is 0 Å². The zero-order valence-corrected chi connectivity index (χ0v) is 15.3. The lowest BCUT2D eigenvalue weighted by Gasteiger charge is -2.33. The Morgan fingerprint density at radius 1 is 1.23 bits per heavy atom. The average Bonchev–Trinajstić information content (AvgIpc) is 3.16. The maximum absolute atomic E-state index is 12.3. The molecule has 0 aliphatic carbocycles. The number of sulfonamides is 1. The Morgan fingerprint density at radius 3 is 2.65 bits per heavy atom. The van der Waals surface area contributed by atoms with E-state index in [1.54, 1.807) is 18.2 Å². The fourth-order valence-electron chi connectivity index (χ4n) is 2.78. The summed E-state index contributed by atoms with van der Waals surface area (Å²) in [6, 6.07) is 7.04. The van der Waals surface area contributed by atoms with Gasteiger partial charge in [-0.05, 0) is 28.6 Å². The van der Waals surface area contributed by atoms with Crippen LogP contribution in [0.4, 0.5) is 0 Å². The van der Waals surface area contributed by atoms with Crippen LogP contribution in [0.15, 0.2) is 30.6 Å². The van der Waals surface area contributed by atoms with Gasteiger partial charge in [0.15, 0.2) is 0 Å². The van der Waals surface area contributed by atoms with Gasteiger partial charge >= 0.3 is 0 Å². The van der Waals surface area contributed by atoms with Crippen LogP contribution in [0.5, 0.6) is 0 Å². The van der Waals surface area contributed by atoms with Gasteiger partial charge in [-0.15, -0.1) is 5.10 Å². The molecule has 2 heterocycles. The van der Waals surface area contributed by atoms with Crippen LogP contribution in [0.1, 0.15) is 10.4 Å². The molecule has 0 spiro atoms. The van der Waals surface area contributed by atoms with Crippen molar-refractivity contribution < 1.29 is 13.2 Å². The molecule has 1 aliphatic rings. The number of carbonyl (C=O) groups excluding carboxylic acids is 1. The van der Waals surface area contributed by atoms with E-state index in [0.29, 0.717) is 50.5 Å². The number of carbonyl (C=O) groups is 1. The van der Waals surface area contributed by atoms with Gasteiger partial charge in [0, 0.05) is 44.8 Å². The fourth-order valence-corrected chi connectivity index (χ4v) is 3.61. The lowest BCUT2D eigenvalue weighted by atomic mass is 10.2. The maximum Gasteiger partial charge on any atom is 0.251 e. The number of nitrogens with one attached hydrogen (secondary N) is 1. The Balaban J connectivity index is 1.47. The number of hydrogen-bond acceptors (Lipinski definition) is 7. The molecule has 0 atom stereocenters. The molecular formula is C15H21N7O3S. The molecule has 1 amide bonds. The van der Waals surface area contributed by atoms with Crippen molar-refractivity contribution in [1.82, 2.24) is 34.7 Å². The Labute approximate surface area is 151 Å². The molecule has 140 valence electrons. The molecule has 3 rings (SSSR count). The van der Waals surface area contributed by atoms with Crippen LogP contribution in [0.2, 0.25) is 0 Å². The van der Waals surface area contributed by atoms with Crippen molar-refractivity contribution in [3.05, 3.63) is 36.2 Å². The van der Waals surface area contributed by atoms with Crippen LogP contribution in [-0.2, 0) is 10.0 Å². The van der Waals surface area contributed by atoms with E-state index in [1.807, 2.05) is 6.07 Å². The van der Waals surface area contributed by atoms with Gasteiger partial charge in [-0.1, -0.05) is 6.07 Å². The monoisotopic (exact) mass is 379 g/mol. The zero-order valence-electron chi connectivity index (χ0n) is 14.4. The molecule has 2 aromatic rings. The second-order valence-electron chi connectivity index (χ2n) is 6.06. The minimum atomic E-state index is -3.12. The molecule has 26 heavy (non-hydrogen) atoms. The van der Waals surface area contributed by atoms with Gasteiger partial charge in [-0.3, -0.25) is 9.69 Å². The summed E-state index contributed by atoms with van der Waals surface area (Å²) in [6.07, 6.45) is 2.69. The molecular weight excluding hydrogens is 358 g/mol. The Bertz CT molecular complexity index is 846. The van der Waals surface area contributed by atoms with E-state index in [4.69, 9.17) is 0 Å². The van der Waals surface area contributed by atoms with Crippen molar-refractivity contribution in [3.63, 3.8) is 0 Å². The van der Waals surface area contributed by atoms with E-state index in [-0.39, 0.29) is 5.91 Å². The third-order valence-corrected chi connectivity index (χ3v) is 5.54. The topological polar surface area (TPSA) is 113 Å². The summed E-state index contributed by atoms with van der Waals surface area (Å²) < 4.78 is 26.0. The summed E-state index contributed by atoms with van der Waals surface area (Å²) in [5, 5.41) is 13.9. The quantitative estimate of drug-likeness (QED) is 0.683. The highest BCUT2D eigenvalue weighted by atomic mass is 32.2. The highest BCUT2D eigenvalue weighted by Crippen LogP contribution is 2.09. The Hall–Kier alpha value is -2.37. The van der Waals surface area contributed by atoms with Crippen molar-refractivity contribution in [2.45, 2.75) is 0 Å². The van der Waals surface area contributed by atoms with E-state index in [1.165, 1.54) is 21.6 Å². The van der Waals surface area contributed by atoms with Crippen LogP contribution in [0.3, 0.4) is 0 Å². The fraction of sp³-hybridized carbons (Fsp3) is 0.467. The van der Waals surface area contributed by atoms with E-state index in [9.17, 15) is 13.2 Å². The zero-order chi connectivity index (χ0) is 18.6. The van der Waals surface area contributed by atoms with Crippen molar-refractivity contribution in [2.24, 2.45) is 0 Å². The predicted molar refractivity (Wildman–Crippen MR) is 94.3 cm³/mol. The first-order chi connectivity index (χ1) is 12.4. The summed E-state index contributed by atoms with van der Waals surface area (Å²) >= 11 is 0. The molecule has 0 unspecified atom stereocenters. The molecule has 10 nitrogen and oxygen atoms in total. The van der Waals surface area contributed by atoms with Gasteiger partial charge in [-0.25, -0.2) is 13.1 Å². The lowest BCUT2D eigenvalue weighted by Crippen LogP contribution is -2.49. The third kappa shape index (κ3) is 4.62. The van der Waals surface area contributed by atoms with Crippen molar-refractivity contribution in [3.8, 4) is 5.69 Å². The number of aromatic nitrogens is 4. The van der Waals surface area contributed by atoms with Crippen LogP contribution < -0.4 is 5.32 Å². The van der Waals surface area contributed by atoms with Crippen LogP contribution in [0.25, 0.3) is 5.69 Å². The number of amides is 1. The van der Waals surface area contributed by atoms with Crippen molar-refractivity contribution >= 4 is 15.9 Å². The largest absolute Gasteiger partial charge is 0.351 e. The summed E-state index contributed by atoms with van der Waals surface area (Å²) in [5.41, 5.74) is 1.24. The second-order valence-corrected chi connectivity index (χ2v) is 8.05. The highest BCUT2D eigenvalue weighted by Gasteiger charge is 2.23. The van der Waals surface area contributed by atoms with Crippen LogP contribution in [0, 0.1) is 0 Å². The SMILES string of the molecule is CS(=O)(=O)N1CCN(CCNC(=O)c2cccc(-n3cnnn3)c2)CC1. The van der Waals surface area contributed by atoms with Gasteiger partial charge in [-0.2, -0.15) is 4.31 Å². The molecule has 1 aliphatic heterocycles. The first kappa shape index (κ1) is 18.4. The number of tetrazole rings is 1. The van der Waals surface area contributed by atoms with Gasteiger partial charge in [0.25, 0.3) is 5.91 Å². The maximum atomic E-state index is 12.3. The lowest BCUT2D eigenvalue weighted by molar-refractivity contribution is 0.0945. The van der Waals surface area contributed by atoms with Gasteiger partial charge in [0.05, 0.1) is 11.9 Å². The van der Waals surface area contributed by atoms with Crippen molar-refractivity contribution in [1.29, 1.82) is 0 Å². The summed E-state index contributed by atoms with van der Waals surface area (Å²) in [5.74, 6) is -0.172. The van der Waals surface area contributed by atoms with Crippen LogP contribution >= 0.6 is 0 Å². The number of piperazine rings is 1. The molecule has 1 fully saturated rings. The molecule has 1 aromatic carbocycles. The number of rotatable bonds is 6. The summed E-state index contributed by atoms with van der Waals surface area (Å²) in [7, 11) is -3.12. The standard InChI is InChI=1S/C15H21N7O3S/c1-26(24,25)21-9-7-20(8-10-21)6-5-16-15(23)13-3-2-4-14(11-13)22-12-17-18-19-22/h2-4,11-12H,5-10H2,1H3,(H,16,23). The minimum absolute atomic E-state index is 0.172. The molecule has 0 bridgehead atoms. The first-order valence-electron chi connectivity index (χ1n) is 8.22. The third-order valence-electron chi connectivity index (χ3n) is 4.24. The first-order valence-corrected chi connectivity index (χ1v) is 10.1. The van der Waals surface area contributed by atoms with Gasteiger partial charge in [0.1, 0.15) is 6.33 Å². The number of benzene rings is 1. The Morgan fingerprint density at radius 2 is 2.00 bits per heavy atom. The molecule has 1 N–H and O–H groups in total. The molecule has 0 saturated carbocycles. The highest BCUT2D eigenvalue weighted by molar-refractivity contribution is 7.88. The van der Waals surface area contributed by atoms with E-state index < -0.39 is 10.0 Å². The molecule has 1 saturated heterocycles. The summed E-state index contributed by atoms with van der Waals surface area (Å²) in [4.78, 5) is 14.5. The minimum Gasteiger partial charge on any atom is -0.351 e. The summed E-state index contributed by atoms with van der Waals surface area (Å²) in [6.45, 7) is 3.47. The number of nitrogens with zero attached hydrogens (tertiary/aromatic N) is 6. The van der Waals surface area contributed by atoms with E-state index in [0.717, 1.165) is 0 Å². The van der Waals surface area contributed by atoms with Crippen LogP contribution in [-0.4, -0.2) is 89.3 Å².